The summed E-state index contributed by atoms with van der Waals surface area (Å²) in [6.45, 7) is 2.43. The third-order valence-corrected chi connectivity index (χ3v) is 5.12. The molecule has 7 nitrogen and oxygen atoms in total. The monoisotopic (exact) mass is 359 g/mol. The summed E-state index contributed by atoms with van der Waals surface area (Å²) >= 11 is 1.18. The summed E-state index contributed by atoms with van der Waals surface area (Å²) in [7, 11) is 0. The van der Waals surface area contributed by atoms with Gasteiger partial charge in [-0.1, -0.05) is 23.5 Å². The number of nitrogens with one attached hydrogen (secondary N) is 2. The fourth-order valence-corrected chi connectivity index (χ4v) is 3.80. The highest BCUT2D eigenvalue weighted by molar-refractivity contribution is 7.17. The summed E-state index contributed by atoms with van der Waals surface area (Å²) in [6.07, 6.45) is 0.333. The van der Waals surface area contributed by atoms with Crippen LogP contribution in [-0.4, -0.2) is 35.6 Å². The van der Waals surface area contributed by atoms with Crippen LogP contribution in [0.3, 0.4) is 0 Å². The number of aromatic nitrogens is 1. The van der Waals surface area contributed by atoms with E-state index in [1.165, 1.54) is 11.3 Å². The normalized spacial score (nSPS) is 21.7. The van der Waals surface area contributed by atoms with E-state index in [1.54, 1.807) is 19.1 Å². The van der Waals surface area contributed by atoms with E-state index >= 15 is 0 Å². The predicted molar refractivity (Wildman–Crippen MR) is 92.3 cm³/mol. The Labute approximate surface area is 148 Å². The predicted octanol–water partition coefficient (Wildman–Crippen LogP) is 1.99. The van der Waals surface area contributed by atoms with Gasteiger partial charge in [-0.25, -0.2) is 4.98 Å². The van der Waals surface area contributed by atoms with Gasteiger partial charge in [0.05, 0.1) is 5.69 Å². The minimum atomic E-state index is -0.785. The zero-order valence-corrected chi connectivity index (χ0v) is 14.4. The van der Waals surface area contributed by atoms with Crippen molar-refractivity contribution in [3.63, 3.8) is 0 Å². The first-order chi connectivity index (χ1) is 12.1. The summed E-state index contributed by atoms with van der Waals surface area (Å²) in [5.74, 6) is 0.683. The van der Waals surface area contributed by atoms with Gasteiger partial charge in [0.15, 0.2) is 16.6 Å². The number of fused-ring (bicyclic) bond motifs is 2. The topological polar surface area (TPSA) is 89.6 Å². The van der Waals surface area contributed by atoms with Crippen molar-refractivity contribution in [2.75, 3.05) is 11.9 Å². The molecule has 0 fully saturated rings. The van der Waals surface area contributed by atoms with E-state index in [1.807, 2.05) is 12.1 Å². The third kappa shape index (κ3) is 3.05. The molecule has 1 aromatic heterocycles. The van der Waals surface area contributed by atoms with E-state index in [9.17, 15) is 9.59 Å². The van der Waals surface area contributed by atoms with Crippen molar-refractivity contribution >= 4 is 28.3 Å². The summed E-state index contributed by atoms with van der Waals surface area (Å²) in [6, 6.07) is 7.24. The second-order valence-corrected chi connectivity index (χ2v) is 6.95. The number of amides is 2. The maximum Gasteiger partial charge on any atom is 0.271 e. The van der Waals surface area contributed by atoms with Gasteiger partial charge in [-0.15, -0.1) is 0 Å². The maximum atomic E-state index is 12.6. The minimum absolute atomic E-state index is 0.134. The van der Waals surface area contributed by atoms with Crippen LogP contribution in [0.4, 0.5) is 5.13 Å². The summed E-state index contributed by atoms with van der Waals surface area (Å²) in [5, 5.41) is 5.98. The molecule has 130 valence electrons. The number of benzene rings is 1. The molecule has 2 amide bonds. The molecule has 2 aromatic rings. The van der Waals surface area contributed by atoms with Crippen molar-refractivity contribution in [2.45, 2.75) is 32.0 Å². The first kappa shape index (κ1) is 15.9. The molecule has 3 heterocycles. The third-order valence-electron chi connectivity index (χ3n) is 4.11. The molecule has 25 heavy (non-hydrogen) atoms. The van der Waals surface area contributed by atoms with Crippen molar-refractivity contribution in [2.24, 2.45) is 0 Å². The number of rotatable bonds is 2. The number of aryl methyl sites for hydroxylation is 1. The zero-order chi connectivity index (χ0) is 17.4. The second-order valence-electron chi connectivity index (χ2n) is 5.95. The summed E-state index contributed by atoms with van der Waals surface area (Å²) < 4.78 is 11.5. The van der Waals surface area contributed by atoms with Crippen LogP contribution >= 0.6 is 11.3 Å². The van der Waals surface area contributed by atoms with Crippen LogP contribution < -0.4 is 20.1 Å². The lowest BCUT2D eigenvalue weighted by Crippen LogP contribution is -2.46. The number of carbonyl (C=O) groups is 2. The molecule has 0 aliphatic carbocycles. The Bertz CT molecular complexity index is 835. The number of anilines is 1. The molecule has 2 aliphatic heterocycles. The number of carbonyl (C=O) groups excluding carboxylic acids is 2. The molecule has 0 saturated carbocycles. The van der Waals surface area contributed by atoms with Crippen LogP contribution in [0.1, 0.15) is 28.7 Å². The lowest BCUT2D eigenvalue weighted by molar-refractivity contribution is -0.128. The Kier molecular flexibility index (Phi) is 4.04. The molecule has 0 bridgehead atoms. The van der Waals surface area contributed by atoms with Crippen LogP contribution in [0.5, 0.6) is 11.5 Å². The van der Waals surface area contributed by atoms with Crippen molar-refractivity contribution in [1.29, 1.82) is 0 Å². The Balaban J connectivity index is 1.51. The van der Waals surface area contributed by atoms with Crippen LogP contribution in [-0.2, 0) is 11.2 Å². The van der Waals surface area contributed by atoms with E-state index < -0.39 is 12.2 Å². The van der Waals surface area contributed by atoms with Gasteiger partial charge >= 0.3 is 0 Å². The van der Waals surface area contributed by atoms with Crippen molar-refractivity contribution in [3.05, 3.63) is 34.8 Å². The van der Waals surface area contributed by atoms with Crippen LogP contribution in [0, 0.1) is 0 Å². The Morgan fingerprint density at radius 3 is 2.88 bits per heavy atom. The Morgan fingerprint density at radius 2 is 2.08 bits per heavy atom. The molecule has 0 radical (unpaired) electrons. The van der Waals surface area contributed by atoms with Gasteiger partial charge in [0.1, 0.15) is 11.0 Å². The number of ether oxygens (including phenoxy) is 2. The maximum absolute atomic E-state index is 12.6. The van der Waals surface area contributed by atoms with Crippen molar-refractivity contribution < 1.29 is 19.1 Å². The number of hydrogen-bond acceptors (Lipinski definition) is 6. The van der Waals surface area contributed by atoms with E-state index in [-0.39, 0.29) is 11.8 Å². The highest BCUT2D eigenvalue weighted by Crippen LogP contribution is 2.34. The fraction of sp³-hybridized carbons (Fsp3) is 0.353. The van der Waals surface area contributed by atoms with Gasteiger partial charge in [0.2, 0.25) is 6.10 Å². The van der Waals surface area contributed by atoms with Gasteiger partial charge in [0, 0.05) is 6.54 Å². The van der Waals surface area contributed by atoms with Crippen LogP contribution in [0.2, 0.25) is 0 Å². The van der Waals surface area contributed by atoms with Gasteiger partial charge in [-0.05, 0) is 31.9 Å². The SMILES string of the molecule is CC1Oc2ccccc2OC1C(=O)Nc1nc2c(s1)C(=O)NCCC2. The fourth-order valence-electron chi connectivity index (χ4n) is 2.87. The summed E-state index contributed by atoms with van der Waals surface area (Å²) in [5.41, 5.74) is 0.731. The standard InChI is InChI=1S/C17H17N3O4S/c1-9-13(24-12-7-3-2-6-11(12)23-9)15(21)20-17-19-10-5-4-8-18-16(22)14(10)25-17/h2-3,6-7,9,13H,4-5,8H2,1H3,(H,18,22)(H,19,20,21). The Morgan fingerprint density at radius 1 is 1.32 bits per heavy atom. The van der Waals surface area contributed by atoms with Crippen molar-refractivity contribution in [1.82, 2.24) is 10.3 Å². The molecular weight excluding hydrogens is 342 g/mol. The average Bonchev–Trinajstić information content (AvgIpc) is 2.92. The molecule has 0 saturated heterocycles. The first-order valence-corrected chi connectivity index (χ1v) is 8.94. The molecular formula is C17H17N3O4S. The molecule has 4 rings (SSSR count). The van der Waals surface area contributed by atoms with Crippen molar-refractivity contribution in [3.8, 4) is 11.5 Å². The number of para-hydroxylation sites is 2. The van der Waals surface area contributed by atoms with E-state index in [0.29, 0.717) is 34.5 Å². The average molecular weight is 359 g/mol. The number of thiazole rings is 1. The molecule has 2 unspecified atom stereocenters. The lowest BCUT2D eigenvalue weighted by atomic mass is 10.1. The van der Waals surface area contributed by atoms with Crippen LogP contribution in [0.15, 0.2) is 24.3 Å². The van der Waals surface area contributed by atoms with E-state index in [0.717, 1.165) is 12.1 Å². The van der Waals surface area contributed by atoms with Crippen LogP contribution in [0.25, 0.3) is 0 Å². The number of nitrogens with zero attached hydrogens (tertiary/aromatic N) is 1. The smallest absolute Gasteiger partial charge is 0.271 e. The largest absolute Gasteiger partial charge is 0.482 e. The zero-order valence-electron chi connectivity index (χ0n) is 13.6. The molecule has 2 atom stereocenters. The highest BCUT2D eigenvalue weighted by atomic mass is 32.1. The second kappa shape index (κ2) is 6.36. The van der Waals surface area contributed by atoms with Gasteiger partial charge in [-0.2, -0.15) is 0 Å². The molecule has 2 N–H and O–H groups in total. The number of hydrogen-bond donors (Lipinski definition) is 2. The minimum Gasteiger partial charge on any atom is -0.482 e. The van der Waals surface area contributed by atoms with E-state index in [4.69, 9.17) is 9.47 Å². The molecule has 0 spiro atoms. The first-order valence-electron chi connectivity index (χ1n) is 8.13. The summed E-state index contributed by atoms with van der Waals surface area (Å²) in [4.78, 5) is 29.6. The molecule has 8 heteroatoms. The van der Waals surface area contributed by atoms with E-state index in [2.05, 4.69) is 15.6 Å². The van der Waals surface area contributed by atoms with Gasteiger partial charge in [0.25, 0.3) is 11.8 Å². The highest BCUT2D eigenvalue weighted by Gasteiger charge is 2.34. The lowest BCUT2D eigenvalue weighted by Gasteiger charge is -2.30. The molecule has 1 aromatic carbocycles. The van der Waals surface area contributed by atoms with Gasteiger partial charge in [-0.3, -0.25) is 14.9 Å². The van der Waals surface area contributed by atoms with Gasteiger partial charge < -0.3 is 14.8 Å². The molecule has 2 aliphatic rings. The quantitative estimate of drug-likeness (QED) is 0.856. The Hall–Kier alpha value is -2.61.